The SMILES string of the molecule is CCNCCC=CCCC(F)(F)F. The van der Waals surface area contributed by atoms with Crippen molar-refractivity contribution in [2.45, 2.75) is 32.4 Å². The normalized spacial score (nSPS) is 12.6. The smallest absolute Gasteiger partial charge is 0.317 e. The molecule has 0 saturated carbocycles. The Morgan fingerprint density at radius 1 is 1.15 bits per heavy atom. The predicted octanol–water partition coefficient (Wildman–Crippen LogP) is 2.88. The van der Waals surface area contributed by atoms with E-state index in [1.807, 2.05) is 6.92 Å². The Hall–Kier alpha value is -0.510. The van der Waals surface area contributed by atoms with Gasteiger partial charge in [-0.05, 0) is 25.9 Å². The summed E-state index contributed by atoms with van der Waals surface area (Å²) in [6, 6.07) is 0. The molecule has 4 heteroatoms. The molecule has 0 aliphatic heterocycles. The highest BCUT2D eigenvalue weighted by Gasteiger charge is 2.25. The summed E-state index contributed by atoms with van der Waals surface area (Å²) in [5, 5.41) is 3.08. The molecule has 0 aliphatic rings. The zero-order chi connectivity index (χ0) is 10.2. The van der Waals surface area contributed by atoms with Crippen LogP contribution in [0.5, 0.6) is 0 Å². The van der Waals surface area contributed by atoms with Gasteiger partial charge in [0, 0.05) is 6.42 Å². The Bertz CT molecular complexity index is 140. The van der Waals surface area contributed by atoms with Crippen molar-refractivity contribution in [3.63, 3.8) is 0 Å². The fourth-order valence-electron chi connectivity index (χ4n) is 0.845. The van der Waals surface area contributed by atoms with Crippen molar-refractivity contribution >= 4 is 0 Å². The number of allylic oxidation sites excluding steroid dienone is 1. The average molecular weight is 195 g/mol. The van der Waals surface area contributed by atoms with Gasteiger partial charge in [0.25, 0.3) is 0 Å². The minimum Gasteiger partial charge on any atom is -0.317 e. The molecule has 0 spiro atoms. The average Bonchev–Trinajstić information content (AvgIpc) is 2.01. The van der Waals surface area contributed by atoms with E-state index in [2.05, 4.69) is 5.32 Å². The van der Waals surface area contributed by atoms with Gasteiger partial charge in [-0.25, -0.2) is 0 Å². The maximum absolute atomic E-state index is 11.6. The monoisotopic (exact) mass is 195 g/mol. The van der Waals surface area contributed by atoms with Crippen molar-refractivity contribution in [2.24, 2.45) is 0 Å². The van der Waals surface area contributed by atoms with E-state index in [1.165, 1.54) is 0 Å². The summed E-state index contributed by atoms with van der Waals surface area (Å²) in [4.78, 5) is 0. The van der Waals surface area contributed by atoms with E-state index in [-0.39, 0.29) is 6.42 Å². The molecule has 0 saturated heterocycles. The molecule has 0 heterocycles. The second kappa shape index (κ2) is 6.95. The summed E-state index contributed by atoms with van der Waals surface area (Å²) < 4.78 is 34.9. The summed E-state index contributed by atoms with van der Waals surface area (Å²) in [6.45, 7) is 3.72. The Labute approximate surface area is 77.0 Å². The molecule has 0 fully saturated rings. The molecule has 78 valence electrons. The number of hydrogen-bond donors (Lipinski definition) is 1. The predicted molar refractivity (Wildman–Crippen MR) is 47.6 cm³/mol. The number of hydrogen-bond acceptors (Lipinski definition) is 1. The quantitative estimate of drug-likeness (QED) is 0.507. The molecule has 1 nitrogen and oxygen atoms in total. The van der Waals surface area contributed by atoms with Gasteiger partial charge in [0.05, 0.1) is 0 Å². The van der Waals surface area contributed by atoms with Gasteiger partial charge >= 0.3 is 6.18 Å². The van der Waals surface area contributed by atoms with Crippen LogP contribution < -0.4 is 5.32 Å². The third kappa shape index (κ3) is 11.5. The highest BCUT2D eigenvalue weighted by molar-refractivity contribution is 4.82. The van der Waals surface area contributed by atoms with Gasteiger partial charge in [0.1, 0.15) is 0 Å². The third-order valence-corrected chi connectivity index (χ3v) is 1.50. The summed E-state index contributed by atoms with van der Waals surface area (Å²) in [5.74, 6) is 0. The second-order valence-electron chi connectivity index (χ2n) is 2.77. The van der Waals surface area contributed by atoms with E-state index in [0.717, 1.165) is 19.5 Å². The van der Waals surface area contributed by atoms with Gasteiger partial charge in [-0.1, -0.05) is 19.1 Å². The van der Waals surface area contributed by atoms with E-state index in [0.29, 0.717) is 0 Å². The number of halogens is 3. The third-order valence-electron chi connectivity index (χ3n) is 1.50. The van der Waals surface area contributed by atoms with Gasteiger partial charge in [0.15, 0.2) is 0 Å². The molecule has 0 rings (SSSR count). The van der Waals surface area contributed by atoms with Crippen LogP contribution in [0.25, 0.3) is 0 Å². The molecular formula is C9H16F3N. The molecule has 0 unspecified atom stereocenters. The standard InChI is InChI=1S/C9H16F3N/c1-2-13-8-6-4-3-5-7-9(10,11)12/h3-4,13H,2,5-8H2,1H3. The van der Waals surface area contributed by atoms with Crippen LogP contribution in [0.1, 0.15) is 26.2 Å². The second-order valence-corrected chi connectivity index (χ2v) is 2.77. The van der Waals surface area contributed by atoms with Crippen molar-refractivity contribution in [3.8, 4) is 0 Å². The maximum Gasteiger partial charge on any atom is 0.389 e. The summed E-state index contributed by atoms with van der Waals surface area (Å²) >= 11 is 0. The van der Waals surface area contributed by atoms with Crippen molar-refractivity contribution in [3.05, 3.63) is 12.2 Å². The molecule has 0 atom stereocenters. The van der Waals surface area contributed by atoms with E-state index >= 15 is 0 Å². The molecule has 0 aromatic rings. The summed E-state index contributed by atoms with van der Waals surface area (Å²) in [5.41, 5.74) is 0. The van der Waals surface area contributed by atoms with Crippen molar-refractivity contribution in [1.29, 1.82) is 0 Å². The van der Waals surface area contributed by atoms with Crippen molar-refractivity contribution in [1.82, 2.24) is 5.32 Å². The van der Waals surface area contributed by atoms with Gasteiger partial charge in [-0.15, -0.1) is 0 Å². The number of rotatable bonds is 6. The Kier molecular flexibility index (Phi) is 6.68. The zero-order valence-corrected chi connectivity index (χ0v) is 7.82. The molecule has 1 N–H and O–H groups in total. The molecule has 13 heavy (non-hydrogen) atoms. The Morgan fingerprint density at radius 3 is 2.31 bits per heavy atom. The van der Waals surface area contributed by atoms with Crippen LogP contribution in [0.15, 0.2) is 12.2 Å². The number of alkyl halides is 3. The Balaban J connectivity index is 3.22. The largest absolute Gasteiger partial charge is 0.389 e. The lowest BCUT2D eigenvalue weighted by atomic mass is 10.2. The van der Waals surface area contributed by atoms with Crippen LogP contribution in [-0.4, -0.2) is 19.3 Å². The van der Waals surface area contributed by atoms with Crippen LogP contribution in [0.3, 0.4) is 0 Å². The molecule has 0 amide bonds. The van der Waals surface area contributed by atoms with E-state index < -0.39 is 12.6 Å². The highest BCUT2D eigenvalue weighted by atomic mass is 19.4. The first kappa shape index (κ1) is 12.5. The lowest BCUT2D eigenvalue weighted by molar-refractivity contribution is -0.133. The Morgan fingerprint density at radius 2 is 1.77 bits per heavy atom. The first-order valence-corrected chi connectivity index (χ1v) is 4.48. The van der Waals surface area contributed by atoms with E-state index in [4.69, 9.17) is 0 Å². The van der Waals surface area contributed by atoms with Crippen LogP contribution >= 0.6 is 0 Å². The fraction of sp³-hybridized carbons (Fsp3) is 0.778. The maximum atomic E-state index is 11.6. The molecule has 0 bridgehead atoms. The highest BCUT2D eigenvalue weighted by Crippen LogP contribution is 2.21. The number of nitrogens with one attached hydrogen (secondary N) is 1. The van der Waals surface area contributed by atoms with Crippen LogP contribution in [-0.2, 0) is 0 Å². The summed E-state index contributed by atoms with van der Waals surface area (Å²) in [6.07, 6.45) is -0.475. The first-order chi connectivity index (χ1) is 6.06. The lowest BCUT2D eigenvalue weighted by Crippen LogP contribution is -2.12. The van der Waals surface area contributed by atoms with Crippen LogP contribution in [0.4, 0.5) is 13.2 Å². The van der Waals surface area contributed by atoms with Crippen molar-refractivity contribution in [2.75, 3.05) is 13.1 Å². The van der Waals surface area contributed by atoms with Gasteiger partial charge in [0.2, 0.25) is 0 Å². The fourth-order valence-corrected chi connectivity index (χ4v) is 0.845. The molecular weight excluding hydrogens is 179 g/mol. The van der Waals surface area contributed by atoms with Gasteiger partial charge in [-0.3, -0.25) is 0 Å². The summed E-state index contributed by atoms with van der Waals surface area (Å²) in [7, 11) is 0. The van der Waals surface area contributed by atoms with Crippen LogP contribution in [0.2, 0.25) is 0 Å². The van der Waals surface area contributed by atoms with E-state index in [1.54, 1.807) is 12.2 Å². The minimum absolute atomic E-state index is 0.0929. The van der Waals surface area contributed by atoms with Crippen molar-refractivity contribution < 1.29 is 13.2 Å². The molecule has 0 aromatic heterocycles. The van der Waals surface area contributed by atoms with Crippen LogP contribution in [0, 0.1) is 0 Å². The van der Waals surface area contributed by atoms with Gasteiger partial charge < -0.3 is 5.32 Å². The van der Waals surface area contributed by atoms with Gasteiger partial charge in [-0.2, -0.15) is 13.2 Å². The topological polar surface area (TPSA) is 12.0 Å². The minimum atomic E-state index is -4.02. The molecule has 0 radical (unpaired) electrons. The zero-order valence-electron chi connectivity index (χ0n) is 7.82. The molecule has 0 aliphatic carbocycles. The lowest BCUT2D eigenvalue weighted by Gasteiger charge is -2.01. The van der Waals surface area contributed by atoms with E-state index in [9.17, 15) is 13.2 Å². The first-order valence-electron chi connectivity index (χ1n) is 4.48. The molecule has 0 aromatic carbocycles.